The van der Waals surface area contributed by atoms with E-state index in [1.54, 1.807) is 0 Å². The number of nitrogens with zero attached hydrogens (tertiary/aromatic N) is 3. The van der Waals surface area contributed by atoms with Crippen LogP contribution in [-0.2, 0) is 4.74 Å². The molecule has 1 aliphatic heterocycles. The molecule has 0 bridgehead atoms. The van der Waals surface area contributed by atoms with Crippen molar-refractivity contribution in [3.8, 4) is 0 Å². The number of likely N-dealkylation sites (N-methyl/N-ethyl adjacent to an activating group) is 1. The molecule has 1 fully saturated rings. The first-order chi connectivity index (χ1) is 10.2. The lowest BCUT2D eigenvalue weighted by Gasteiger charge is -2.25. The van der Waals surface area contributed by atoms with Crippen LogP contribution in [0, 0.1) is 0 Å². The highest BCUT2D eigenvalue weighted by Gasteiger charge is 2.10. The van der Waals surface area contributed by atoms with Crippen molar-refractivity contribution in [2.45, 2.75) is 32.6 Å². The van der Waals surface area contributed by atoms with Gasteiger partial charge in [-0.1, -0.05) is 13.8 Å². The first-order valence-electron chi connectivity index (χ1n) is 8.14. The average molecular weight is 291 g/mol. The third-order valence-electron chi connectivity index (χ3n) is 4.03. The van der Waals surface area contributed by atoms with Crippen LogP contribution in [0.3, 0.4) is 0 Å². The molecule has 0 unspecified atom stereocenters. The predicted molar refractivity (Wildman–Crippen MR) is 88.1 cm³/mol. The largest absolute Gasteiger partial charge is 0.380 e. The van der Waals surface area contributed by atoms with Gasteiger partial charge < -0.3 is 14.5 Å². The van der Waals surface area contributed by atoms with Gasteiger partial charge in [-0.25, -0.2) is 0 Å². The predicted octanol–water partition coefficient (Wildman–Crippen LogP) is 2.75. The molecule has 4 heteroatoms. The SMILES string of the molecule is CC(C)c1ccc(N2CCCOCCN(C)CCC2)cn1. The van der Waals surface area contributed by atoms with Crippen molar-refractivity contribution in [3.05, 3.63) is 24.0 Å². The number of pyridine rings is 1. The Labute approximate surface area is 129 Å². The van der Waals surface area contributed by atoms with E-state index in [9.17, 15) is 0 Å². The minimum atomic E-state index is 0.489. The number of hydrogen-bond acceptors (Lipinski definition) is 4. The quantitative estimate of drug-likeness (QED) is 0.838. The van der Waals surface area contributed by atoms with E-state index < -0.39 is 0 Å². The minimum absolute atomic E-state index is 0.489. The van der Waals surface area contributed by atoms with Crippen LogP contribution in [0.4, 0.5) is 5.69 Å². The van der Waals surface area contributed by atoms with Crippen LogP contribution in [0.1, 0.15) is 38.3 Å². The highest BCUT2D eigenvalue weighted by Crippen LogP contribution is 2.18. The van der Waals surface area contributed by atoms with Gasteiger partial charge in [0.25, 0.3) is 0 Å². The molecule has 1 saturated heterocycles. The highest BCUT2D eigenvalue weighted by molar-refractivity contribution is 5.44. The lowest BCUT2D eigenvalue weighted by Crippen LogP contribution is -2.29. The second-order valence-corrected chi connectivity index (χ2v) is 6.21. The van der Waals surface area contributed by atoms with Gasteiger partial charge in [0, 0.05) is 31.9 Å². The standard InChI is InChI=1S/C17H29N3O/c1-15(2)17-7-6-16(14-18-17)20-9-4-8-19(3)11-13-21-12-5-10-20/h6-7,14-15H,4-5,8-13H2,1-3H3. The molecule has 2 heterocycles. The Hall–Kier alpha value is -1.13. The van der Waals surface area contributed by atoms with Crippen molar-refractivity contribution < 1.29 is 4.74 Å². The van der Waals surface area contributed by atoms with Crippen molar-refractivity contribution >= 4 is 5.69 Å². The summed E-state index contributed by atoms with van der Waals surface area (Å²) in [7, 11) is 2.17. The Kier molecular flexibility index (Phi) is 6.46. The van der Waals surface area contributed by atoms with Crippen LogP contribution in [0.25, 0.3) is 0 Å². The normalized spacial score (nSPS) is 19.5. The Bertz CT molecular complexity index is 405. The smallest absolute Gasteiger partial charge is 0.0593 e. The molecular formula is C17H29N3O. The molecule has 0 radical (unpaired) electrons. The fraction of sp³-hybridized carbons (Fsp3) is 0.706. The van der Waals surface area contributed by atoms with Gasteiger partial charge in [-0.3, -0.25) is 4.98 Å². The van der Waals surface area contributed by atoms with Gasteiger partial charge in [-0.2, -0.15) is 0 Å². The second-order valence-electron chi connectivity index (χ2n) is 6.21. The molecular weight excluding hydrogens is 262 g/mol. The zero-order valence-corrected chi connectivity index (χ0v) is 13.7. The van der Waals surface area contributed by atoms with E-state index in [0.717, 1.165) is 45.8 Å². The summed E-state index contributed by atoms with van der Waals surface area (Å²) < 4.78 is 5.69. The monoisotopic (exact) mass is 291 g/mol. The lowest BCUT2D eigenvalue weighted by atomic mass is 10.1. The maximum Gasteiger partial charge on any atom is 0.0593 e. The molecule has 4 nitrogen and oxygen atoms in total. The Morgan fingerprint density at radius 3 is 2.57 bits per heavy atom. The molecule has 0 N–H and O–H groups in total. The van der Waals surface area contributed by atoms with Crippen molar-refractivity contribution in [3.63, 3.8) is 0 Å². The van der Waals surface area contributed by atoms with Gasteiger partial charge >= 0.3 is 0 Å². The Morgan fingerprint density at radius 2 is 1.86 bits per heavy atom. The molecule has 118 valence electrons. The van der Waals surface area contributed by atoms with Crippen molar-refractivity contribution in [1.82, 2.24) is 9.88 Å². The molecule has 0 aliphatic carbocycles. The van der Waals surface area contributed by atoms with Gasteiger partial charge in [-0.15, -0.1) is 0 Å². The average Bonchev–Trinajstić information content (AvgIpc) is 2.53. The summed E-state index contributed by atoms with van der Waals surface area (Å²) in [6.07, 6.45) is 4.29. The van der Waals surface area contributed by atoms with Gasteiger partial charge in [0.05, 0.1) is 18.5 Å². The summed E-state index contributed by atoms with van der Waals surface area (Å²) in [4.78, 5) is 9.39. The van der Waals surface area contributed by atoms with E-state index in [4.69, 9.17) is 4.74 Å². The molecule has 0 spiro atoms. The second kappa shape index (κ2) is 8.35. The molecule has 0 saturated carbocycles. The van der Waals surface area contributed by atoms with Crippen LogP contribution in [0.15, 0.2) is 18.3 Å². The number of rotatable bonds is 2. The Morgan fingerprint density at radius 1 is 1.05 bits per heavy atom. The molecule has 21 heavy (non-hydrogen) atoms. The Balaban J connectivity index is 2.00. The summed E-state index contributed by atoms with van der Waals surface area (Å²) >= 11 is 0. The maximum absolute atomic E-state index is 5.69. The maximum atomic E-state index is 5.69. The first-order valence-corrected chi connectivity index (χ1v) is 8.14. The van der Waals surface area contributed by atoms with Crippen molar-refractivity contribution in [2.24, 2.45) is 0 Å². The number of aromatic nitrogens is 1. The summed E-state index contributed by atoms with van der Waals surface area (Å²) in [6, 6.07) is 4.38. The topological polar surface area (TPSA) is 28.6 Å². The summed E-state index contributed by atoms with van der Waals surface area (Å²) in [6.45, 7) is 10.4. The van der Waals surface area contributed by atoms with Gasteiger partial charge in [0.2, 0.25) is 0 Å². The zero-order chi connectivity index (χ0) is 15.1. The van der Waals surface area contributed by atoms with Gasteiger partial charge in [0.15, 0.2) is 0 Å². The van der Waals surface area contributed by atoms with Crippen LogP contribution in [-0.4, -0.2) is 56.3 Å². The molecule has 1 aromatic heterocycles. The zero-order valence-electron chi connectivity index (χ0n) is 13.7. The highest BCUT2D eigenvalue weighted by atomic mass is 16.5. The van der Waals surface area contributed by atoms with Crippen LogP contribution >= 0.6 is 0 Å². The van der Waals surface area contributed by atoms with E-state index in [1.165, 1.54) is 17.8 Å². The summed E-state index contributed by atoms with van der Waals surface area (Å²) in [5.41, 5.74) is 2.40. The molecule has 0 atom stereocenters. The third kappa shape index (κ3) is 5.29. The first kappa shape index (κ1) is 16.2. The van der Waals surface area contributed by atoms with E-state index in [1.807, 2.05) is 6.20 Å². The van der Waals surface area contributed by atoms with E-state index in [2.05, 4.69) is 47.8 Å². The fourth-order valence-electron chi connectivity index (χ4n) is 2.62. The molecule has 2 rings (SSSR count). The van der Waals surface area contributed by atoms with E-state index in [0.29, 0.717) is 5.92 Å². The van der Waals surface area contributed by atoms with Gasteiger partial charge in [0.1, 0.15) is 0 Å². The molecule has 0 amide bonds. The van der Waals surface area contributed by atoms with E-state index in [-0.39, 0.29) is 0 Å². The number of hydrogen-bond donors (Lipinski definition) is 0. The van der Waals surface area contributed by atoms with Crippen molar-refractivity contribution in [1.29, 1.82) is 0 Å². The van der Waals surface area contributed by atoms with Crippen LogP contribution in [0.5, 0.6) is 0 Å². The lowest BCUT2D eigenvalue weighted by molar-refractivity contribution is 0.112. The molecule has 1 aromatic rings. The molecule has 1 aliphatic rings. The van der Waals surface area contributed by atoms with Crippen LogP contribution in [0.2, 0.25) is 0 Å². The van der Waals surface area contributed by atoms with E-state index >= 15 is 0 Å². The molecule has 0 aromatic carbocycles. The number of ether oxygens (including phenoxy) is 1. The van der Waals surface area contributed by atoms with Crippen molar-refractivity contribution in [2.75, 3.05) is 51.3 Å². The fourth-order valence-corrected chi connectivity index (χ4v) is 2.62. The third-order valence-corrected chi connectivity index (χ3v) is 4.03. The summed E-state index contributed by atoms with van der Waals surface area (Å²) in [5.74, 6) is 0.489. The van der Waals surface area contributed by atoms with Crippen LogP contribution < -0.4 is 4.90 Å². The summed E-state index contributed by atoms with van der Waals surface area (Å²) in [5, 5.41) is 0. The van der Waals surface area contributed by atoms with Gasteiger partial charge in [-0.05, 0) is 44.5 Å². The minimum Gasteiger partial charge on any atom is -0.380 e. The number of anilines is 1.